The Hall–Kier alpha value is -0.830. The van der Waals surface area contributed by atoms with Crippen LogP contribution in [0.5, 0.6) is 0 Å². The van der Waals surface area contributed by atoms with Gasteiger partial charge in [0, 0.05) is 5.69 Å². The van der Waals surface area contributed by atoms with Crippen LogP contribution in [0.3, 0.4) is 0 Å². The summed E-state index contributed by atoms with van der Waals surface area (Å²) in [7, 11) is 1.95. The Morgan fingerprint density at radius 2 is 2.43 bits per heavy atom. The lowest BCUT2D eigenvalue weighted by atomic mass is 9.88. The van der Waals surface area contributed by atoms with Crippen molar-refractivity contribution in [3.63, 3.8) is 0 Å². The van der Waals surface area contributed by atoms with Crippen LogP contribution in [-0.2, 0) is 19.4 Å². The summed E-state index contributed by atoms with van der Waals surface area (Å²) in [6, 6.07) is 0. The summed E-state index contributed by atoms with van der Waals surface area (Å²) in [4.78, 5) is 8.02. The number of fused-ring (bicyclic) bond motifs is 1. The first-order valence-electron chi connectivity index (χ1n) is 5.54. The average Bonchev–Trinajstić information content (AvgIpc) is 2.59. The van der Waals surface area contributed by atoms with E-state index >= 15 is 0 Å². The molecule has 1 aliphatic rings. The smallest absolute Gasteiger partial charge is 0.120 e. The first-order valence-corrected chi connectivity index (χ1v) is 5.54. The van der Waals surface area contributed by atoms with E-state index in [9.17, 15) is 0 Å². The van der Waals surface area contributed by atoms with Crippen LogP contribution in [-0.4, -0.2) is 17.0 Å². The van der Waals surface area contributed by atoms with E-state index in [0.29, 0.717) is 0 Å². The van der Waals surface area contributed by atoms with Crippen molar-refractivity contribution >= 4 is 0 Å². The Morgan fingerprint density at radius 3 is 3.14 bits per heavy atom. The highest BCUT2D eigenvalue weighted by Crippen LogP contribution is 2.25. The first kappa shape index (κ1) is 9.71. The van der Waals surface area contributed by atoms with E-state index in [1.807, 2.05) is 7.05 Å². The minimum Gasteiger partial charge on any atom is -0.345 e. The molecule has 1 unspecified atom stereocenters. The van der Waals surface area contributed by atoms with E-state index < -0.39 is 0 Å². The van der Waals surface area contributed by atoms with Crippen LogP contribution >= 0.6 is 0 Å². The standard InChI is InChI=1S/C11H19N3/c1-3-8-4-5-9-10(6-8)14-11(13-9)7-12-2/h8,12H,3-7H2,1-2H3,(H,13,14). The molecule has 3 nitrogen and oxygen atoms in total. The molecule has 0 fully saturated rings. The maximum atomic E-state index is 4.59. The van der Waals surface area contributed by atoms with E-state index in [2.05, 4.69) is 22.2 Å². The van der Waals surface area contributed by atoms with Crippen LogP contribution in [0.2, 0.25) is 0 Å². The summed E-state index contributed by atoms with van der Waals surface area (Å²) in [6.45, 7) is 3.13. The van der Waals surface area contributed by atoms with Gasteiger partial charge in [-0.25, -0.2) is 4.98 Å². The first-order chi connectivity index (χ1) is 6.83. The molecule has 1 aromatic rings. The molecule has 2 N–H and O–H groups in total. The second-order valence-electron chi connectivity index (χ2n) is 4.16. The number of hydrogen-bond donors (Lipinski definition) is 2. The van der Waals surface area contributed by atoms with Crippen molar-refractivity contribution in [2.24, 2.45) is 5.92 Å². The third kappa shape index (κ3) is 1.82. The van der Waals surface area contributed by atoms with Crippen LogP contribution in [0.1, 0.15) is 37.0 Å². The normalized spacial score (nSPS) is 20.9. The number of H-pyrrole nitrogens is 1. The molecule has 0 aromatic carbocycles. The molecule has 1 aromatic heterocycles. The number of hydrogen-bond acceptors (Lipinski definition) is 2. The predicted molar refractivity (Wildman–Crippen MR) is 57.2 cm³/mol. The summed E-state index contributed by atoms with van der Waals surface area (Å²) < 4.78 is 0. The number of aromatic nitrogens is 2. The second-order valence-corrected chi connectivity index (χ2v) is 4.16. The van der Waals surface area contributed by atoms with Gasteiger partial charge in [-0.15, -0.1) is 0 Å². The van der Waals surface area contributed by atoms with E-state index in [1.54, 1.807) is 0 Å². The minimum atomic E-state index is 0.851. The van der Waals surface area contributed by atoms with E-state index in [0.717, 1.165) is 24.7 Å². The maximum Gasteiger partial charge on any atom is 0.120 e. The van der Waals surface area contributed by atoms with Crippen LogP contribution in [0.4, 0.5) is 0 Å². The summed E-state index contributed by atoms with van der Waals surface area (Å²) in [5, 5.41) is 3.12. The highest BCUT2D eigenvalue weighted by atomic mass is 15.0. The lowest BCUT2D eigenvalue weighted by Crippen LogP contribution is -2.12. The summed E-state index contributed by atoms with van der Waals surface area (Å²) in [5.74, 6) is 1.96. The Bertz CT molecular complexity index is 303. The van der Waals surface area contributed by atoms with E-state index in [4.69, 9.17) is 0 Å². The van der Waals surface area contributed by atoms with Gasteiger partial charge >= 0.3 is 0 Å². The van der Waals surface area contributed by atoms with Gasteiger partial charge in [0.15, 0.2) is 0 Å². The maximum absolute atomic E-state index is 4.59. The van der Waals surface area contributed by atoms with Crippen molar-refractivity contribution in [1.29, 1.82) is 0 Å². The minimum absolute atomic E-state index is 0.851. The molecular formula is C11H19N3. The van der Waals surface area contributed by atoms with Crippen molar-refractivity contribution in [2.45, 2.75) is 39.2 Å². The van der Waals surface area contributed by atoms with Crippen LogP contribution in [0.15, 0.2) is 0 Å². The Balaban J connectivity index is 2.12. The molecule has 14 heavy (non-hydrogen) atoms. The zero-order chi connectivity index (χ0) is 9.97. The molecule has 0 spiro atoms. The fraction of sp³-hybridized carbons (Fsp3) is 0.727. The van der Waals surface area contributed by atoms with Gasteiger partial charge < -0.3 is 10.3 Å². The van der Waals surface area contributed by atoms with Crippen molar-refractivity contribution in [1.82, 2.24) is 15.3 Å². The van der Waals surface area contributed by atoms with Gasteiger partial charge in [0.05, 0.1) is 12.2 Å². The van der Waals surface area contributed by atoms with Gasteiger partial charge in [0.1, 0.15) is 5.82 Å². The molecule has 0 aliphatic heterocycles. The molecule has 3 heteroatoms. The topological polar surface area (TPSA) is 40.7 Å². The molecule has 0 saturated carbocycles. The van der Waals surface area contributed by atoms with Gasteiger partial charge in [-0.05, 0) is 32.2 Å². The van der Waals surface area contributed by atoms with Crippen LogP contribution in [0, 0.1) is 5.92 Å². The number of nitrogens with one attached hydrogen (secondary N) is 2. The number of nitrogens with zero attached hydrogens (tertiary/aromatic N) is 1. The third-order valence-electron chi connectivity index (χ3n) is 3.12. The molecule has 0 radical (unpaired) electrons. The van der Waals surface area contributed by atoms with Gasteiger partial charge in [0.25, 0.3) is 0 Å². The van der Waals surface area contributed by atoms with Crippen molar-refractivity contribution in [3.05, 3.63) is 17.2 Å². The molecule has 1 aliphatic carbocycles. The van der Waals surface area contributed by atoms with Crippen molar-refractivity contribution in [2.75, 3.05) is 7.05 Å². The molecule has 1 atom stereocenters. The Labute approximate surface area is 85.3 Å². The van der Waals surface area contributed by atoms with Gasteiger partial charge in [-0.1, -0.05) is 13.3 Å². The largest absolute Gasteiger partial charge is 0.345 e. The molecule has 78 valence electrons. The number of aromatic amines is 1. The summed E-state index contributed by atoms with van der Waals surface area (Å²) >= 11 is 0. The van der Waals surface area contributed by atoms with Gasteiger partial charge in [0.2, 0.25) is 0 Å². The van der Waals surface area contributed by atoms with E-state index in [1.165, 1.54) is 30.7 Å². The fourth-order valence-corrected chi connectivity index (χ4v) is 2.21. The molecule has 0 saturated heterocycles. The second kappa shape index (κ2) is 4.13. The quantitative estimate of drug-likeness (QED) is 0.766. The molecular weight excluding hydrogens is 174 g/mol. The zero-order valence-electron chi connectivity index (χ0n) is 9.06. The van der Waals surface area contributed by atoms with Crippen molar-refractivity contribution in [3.8, 4) is 0 Å². The fourth-order valence-electron chi connectivity index (χ4n) is 2.21. The van der Waals surface area contributed by atoms with Gasteiger partial charge in [-0.3, -0.25) is 0 Å². The molecule has 0 amide bonds. The molecule has 1 heterocycles. The monoisotopic (exact) mass is 193 g/mol. The van der Waals surface area contributed by atoms with Gasteiger partial charge in [-0.2, -0.15) is 0 Å². The van der Waals surface area contributed by atoms with E-state index in [-0.39, 0.29) is 0 Å². The number of rotatable bonds is 3. The zero-order valence-corrected chi connectivity index (χ0v) is 9.06. The highest BCUT2D eigenvalue weighted by Gasteiger charge is 2.20. The van der Waals surface area contributed by atoms with Crippen molar-refractivity contribution < 1.29 is 0 Å². The number of imidazole rings is 1. The molecule has 2 rings (SSSR count). The Morgan fingerprint density at radius 1 is 1.57 bits per heavy atom. The Kier molecular flexibility index (Phi) is 2.87. The third-order valence-corrected chi connectivity index (χ3v) is 3.12. The van der Waals surface area contributed by atoms with Crippen LogP contribution in [0.25, 0.3) is 0 Å². The highest BCUT2D eigenvalue weighted by molar-refractivity contribution is 5.18. The molecule has 0 bridgehead atoms. The SMILES string of the molecule is CCC1CCc2nc(CNC)[nH]c2C1. The summed E-state index contributed by atoms with van der Waals surface area (Å²) in [5.41, 5.74) is 2.69. The number of aryl methyl sites for hydroxylation is 1. The lowest BCUT2D eigenvalue weighted by molar-refractivity contribution is 0.438. The van der Waals surface area contributed by atoms with Crippen LogP contribution < -0.4 is 5.32 Å². The lowest BCUT2D eigenvalue weighted by Gasteiger charge is -2.19. The predicted octanol–water partition coefficient (Wildman–Crippen LogP) is 1.64. The summed E-state index contributed by atoms with van der Waals surface area (Å²) in [6.07, 6.45) is 4.96. The average molecular weight is 193 g/mol.